The number of carbonyl (C=O) groups excluding carboxylic acids is 1. The highest BCUT2D eigenvalue weighted by Gasteiger charge is 2.20. The fourth-order valence-corrected chi connectivity index (χ4v) is 3.12. The summed E-state index contributed by atoms with van der Waals surface area (Å²) in [7, 11) is 0. The molecule has 146 valence electrons. The number of halogens is 1. The van der Waals surface area contributed by atoms with Gasteiger partial charge in [0.2, 0.25) is 11.7 Å². The molecule has 2 aromatic carbocycles. The van der Waals surface area contributed by atoms with E-state index in [1.54, 1.807) is 25.1 Å². The van der Waals surface area contributed by atoms with Crippen molar-refractivity contribution in [2.75, 3.05) is 0 Å². The van der Waals surface area contributed by atoms with Gasteiger partial charge in [0.25, 0.3) is 5.91 Å². The highest BCUT2D eigenvalue weighted by atomic mass is 19.1. The predicted molar refractivity (Wildman–Crippen MR) is 107 cm³/mol. The van der Waals surface area contributed by atoms with Crippen molar-refractivity contribution in [1.82, 2.24) is 20.4 Å². The summed E-state index contributed by atoms with van der Waals surface area (Å²) in [5, 5.41) is 7.61. The molecule has 0 spiro atoms. The molecule has 0 bridgehead atoms. The SMILES string of the molecule is Cc1ccc2nc(C)cc(C(=O)NC(C)c3nc(-c4ccc(F)cc4)no3)c2c1. The summed E-state index contributed by atoms with van der Waals surface area (Å²) < 4.78 is 18.4. The zero-order chi connectivity index (χ0) is 20.5. The molecule has 0 radical (unpaired) electrons. The summed E-state index contributed by atoms with van der Waals surface area (Å²) in [6.45, 7) is 5.59. The van der Waals surface area contributed by atoms with Crippen molar-refractivity contribution >= 4 is 16.8 Å². The standard InChI is InChI=1S/C22H19FN4O2/c1-12-4-9-19-17(10-12)18(11-13(2)24-19)21(28)25-14(3)22-26-20(27-29-22)15-5-7-16(23)8-6-15/h4-11,14H,1-3H3,(H,25,28). The number of aryl methyl sites for hydroxylation is 2. The van der Waals surface area contributed by atoms with Crippen LogP contribution in [-0.4, -0.2) is 21.0 Å². The van der Waals surface area contributed by atoms with E-state index in [0.717, 1.165) is 22.2 Å². The van der Waals surface area contributed by atoms with Gasteiger partial charge >= 0.3 is 0 Å². The van der Waals surface area contributed by atoms with Gasteiger partial charge in [-0.1, -0.05) is 16.8 Å². The summed E-state index contributed by atoms with van der Waals surface area (Å²) in [4.78, 5) is 21.8. The first-order valence-corrected chi connectivity index (χ1v) is 9.19. The van der Waals surface area contributed by atoms with E-state index in [-0.39, 0.29) is 17.6 Å². The Bertz CT molecular complexity index is 1200. The van der Waals surface area contributed by atoms with Crippen molar-refractivity contribution in [1.29, 1.82) is 0 Å². The first kappa shape index (κ1) is 18.7. The van der Waals surface area contributed by atoms with Crippen LogP contribution >= 0.6 is 0 Å². The number of nitrogens with one attached hydrogen (secondary N) is 1. The molecule has 1 atom stereocenters. The summed E-state index contributed by atoms with van der Waals surface area (Å²) in [6, 6.07) is 12.9. The van der Waals surface area contributed by atoms with Crippen LogP contribution in [0.4, 0.5) is 4.39 Å². The van der Waals surface area contributed by atoms with Crippen LogP contribution in [-0.2, 0) is 0 Å². The van der Waals surface area contributed by atoms with Crippen molar-refractivity contribution in [3.05, 3.63) is 77.1 Å². The molecule has 29 heavy (non-hydrogen) atoms. The van der Waals surface area contributed by atoms with Gasteiger partial charge in [-0.15, -0.1) is 0 Å². The van der Waals surface area contributed by atoms with Crippen molar-refractivity contribution in [3.8, 4) is 11.4 Å². The number of aromatic nitrogens is 3. The van der Waals surface area contributed by atoms with E-state index in [4.69, 9.17) is 4.52 Å². The number of amides is 1. The van der Waals surface area contributed by atoms with Crippen molar-refractivity contribution < 1.29 is 13.7 Å². The van der Waals surface area contributed by atoms with E-state index in [1.807, 2.05) is 32.0 Å². The number of benzene rings is 2. The topological polar surface area (TPSA) is 80.9 Å². The maximum absolute atomic E-state index is 13.1. The number of rotatable bonds is 4. The molecule has 1 amide bonds. The van der Waals surface area contributed by atoms with Gasteiger partial charge in [0.05, 0.1) is 11.1 Å². The molecular weight excluding hydrogens is 371 g/mol. The Morgan fingerprint density at radius 3 is 2.59 bits per heavy atom. The Morgan fingerprint density at radius 2 is 1.83 bits per heavy atom. The normalized spacial score (nSPS) is 12.1. The fourth-order valence-electron chi connectivity index (χ4n) is 3.12. The maximum atomic E-state index is 13.1. The summed E-state index contributed by atoms with van der Waals surface area (Å²) in [5.41, 5.74) is 3.75. The molecule has 0 aliphatic carbocycles. The van der Waals surface area contributed by atoms with Crippen LogP contribution < -0.4 is 5.32 Å². The molecule has 1 N–H and O–H groups in total. The Labute approximate surface area is 166 Å². The lowest BCUT2D eigenvalue weighted by molar-refractivity contribution is 0.0934. The summed E-state index contributed by atoms with van der Waals surface area (Å²) in [6.07, 6.45) is 0. The molecule has 4 aromatic rings. The van der Waals surface area contributed by atoms with Crippen LogP contribution in [0.2, 0.25) is 0 Å². The Kier molecular flexibility index (Phi) is 4.80. The fraction of sp³-hybridized carbons (Fsp3) is 0.182. The molecule has 1 unspecified atom stereocenters. The minimum absolute atomic E-state index is 0.250. The Morgan fingerprint density at radius 1 is 1.07 bits per heavy atom. The van der Waals surface area contributed by atoms with Gasteiger partial charge in [-0.2, -0.15) is 4.98 Å². The van der Waals surface area contributed by atoms with Crippen LogP contribution in [0.3, 0.4) is 0 Å². The van der Waals surface area contributed by atoms with E-state index in [0.29, 0.717) is 17.0 Å². The lowest BCUT2D eigenvalue weighted by Gasteiger charge is -2.12. The second-order valence-corrected chi connectivity index (χ2v) is 6.99. The lowest BCUT2D eigenvalue weighted by Crippen LogP contribution is -2.27. The van der Waals surface area contributed by atoms with Crippen LogP contribution in [0.25, 0.3) is 22.3 Å². The average molecular weight is 390 g/mol. The van der Waals surface area contributed by atoms with E-state index in [9.17, 15) is 9.18 Å². The maximum Gasteiger partial charge on any atom is 0.252 e. The molecular formula is C22H19FN4O2. The van der Waals surface area contributed by atoms with Crippen molar-refractivity contribution in [3.63, 3.8) is 0 Å². The van der Waals surface area contributed by atoms with Gasteiger partial charge in [0.1, 0.15) is 11.9 Å². The van der Waals surface area contributed by atoms with Crippen molar-refractivity contribution in [2.24, 2.45) is 0 Å². The first-order valence-electron chi connectivity index (χ1n) is 9.19. The minimum atomic E-state index is -0.502. The largest absolute Gasteiger partial charge is 0.340 e. The third-order valence-electron chi connectivity index (χ3n) is 4.60. The average Bonchev–Trinajstić information content (AvgIpc) is 3.18. The molecule has 0 saturated heterocycles. The molecule has 0 aliphatic rings. The molecule has 2 aromatic heterocycles. The molecule has 2 heterocycles. The third-order valence-corrected chi connectivity index (χ3v) is 4.60. The highest BCUT2D eigenvalue weighted by Crippen LogP contribution is 2.22. The summed E-state index contributed by atoms with van der Waals surface area (Å²) >= 11 is 0. The molecule has 7 heteroatoms. The van der Waals surface area contributed by atoms with Gasteiger partial charge in [-0.3, -0.25) is 9.78 Å². The van der Waals surface area contributed by atoms with E-state index in [1.165, 1.54) is 12.1 Å². The van der Waals surface area contributed by atoms with Gasteiger partial charge in [-0.25, -0.2) is 4.39 Å². The lowest BCUT2D eigenvalue weighted by atomic mass is 10.0. The second-order valence-electron chi connectivity index (χ2n) is 6.99. The van der Waals surface area contributed by atoms with E-state index in [2.05, 4.69) is 20.4 Å². The highest BCUT2D eigenvalue weighted by molar-refractivity contribution is 6.06. The molecule has 0 fully saturated rings. The number of nitrogens with zero attached hydrogens (tertiary/aromatic N) is 3. The van der Waals surface area contributed by atoms with Gasteiger partial charge in [0, 0.05) is 16.6 Å². The number of hydrogen-bond acceptors (Lipinski definition) is 5. The Hall–Kier alpha value is -3.61. The minimum Gasteiger partial charge on any atom is -0.340 e. The molecule has 4 rings (SSSR count). The number of pyridine rings is 1. The number of hydrogen-bond donors (Lipinski definition) is 1. The zero-order valence-corrected chi connectivity index (χ0v) is 16.2. The van der Waals surface area contributed by atoms with Crippen LogP contribution in [0.1, 0.15) is 40.5 Å². The van der Waals surface area contributed by atoms with E-state index >= 15 is 0 Å². The number of carbonyl (C=O) groups is 1. The van der Waals surface area contributed by atoms with Gasteiger partial charge in [0.15, 0.2) is 0 Å². The zero-order valence-electron chi connectivity index (χ0n) is 16.2. The Balaban J connectivity index is 1.58. The third kappa shape index (κ3) is 3.85. The second kappa shape index (κ2) is 7.43. The van der Waals surface area contributed by atoms with Crippen LogP contribution in [0.5, 0.6) is 0 Å². The van der Waals surface area contributed by atoms with Crippen molar-refractivity contribution in [2.45, 2.75) is 26.8 Å². The van der Waals surface area contributed by atoms with Gasteiger partial charge in [-0.05, 0) is 63.2 Å². The monoisotopic (exact) mass is 390 g/mol. The smallest absolute Gasteiger partial charge is 0.252 e. The molecule has 0 saturated carbocycles. The number of fused-ring (bicyclic) bond motifs is 1. The summed E-state index contributed by atoms with van der Waals surface area (Å²) in [5.74, 6) is 0.0132. The first-order chi connectivity index (χ1) is 13.9. The van der Waals surface area contributed by atoms with Gasteiger partial charge < -0.3 is 9.84 Å². The van der Waals surface area contributed by atoms with Crippen LogP contribution in [0.15, 0.2) is 53.1 Å². The molecule has 6 nitrogen and oxygen atoms in total. The van der Waals surface area contributed by atoms with Crippen LogP contribution in [0, 0.1) is 19.7 Å². The quantitative estimate of drug-likeness (QED) is 0.554. The van der Waals surface area contributed by atoms with E-state index < -0.39 is 6.04 Å². The molecule has 0 aliphatic heterocycles. The predicted octanol–water partition coefficient (Wildman–Crippen LogP) is 4.53.